The third-order valence-electron chi connectivity index (χ3n) is 2.71. The summed E-state index contributed by atoms with van der Waals surface area (Å²) in [5.74, 6) is -0.578. The Balaban J connectivity index is 2.36. The normalized spacial score (nSPS) is 11.2. The quantitative estimate of drug-likeness (QED) is 0.814. The van der Waals surface area contributed by atoms with Gasteiger partial charge in [0, 0.05) is 0 Å². The largest absolute Gasteiger partial charge is 0.494 e. The maximum atomic E-state index is 13.6. The average Bonchev–Trinajstić information content (AvgIpc) is 2.41. The Hall–Kier alpha value is -2.08. The summed E-state index contributed by atoms with van der Waals surface area (Å²) < 4.78 is 47.5. The predicted octanol–water partition coefficient (Wildman–Crippen LogP) is 2.91. The molecule has 0 aromatic heterocycles. The second kappa shape index (κ2) is 5.50. The van der Waals surface area contributed by atoms with Crippen LogP contribution in [0.2, 0.25) is 0 Å². The van der Waals surface area contributed by atoms with Crippen LogP contribution in [0.25, 0.3) is 0 Å². The molecule has 0 fully saturated rings. The Morgan fingerprint density at radius 2 is 1.75 bits per heavy atom. The summed E-state index contributed by atoms with van der Waals surface area (Å²) in [5, 5.41) is 0. The van der Waals surface area contributed by atoms with Crippen molar-refractivity contribution >= 4 is 10.1 Å². The molecule has 0 saturated carbocycles. The topological polar surface area (TPSA) is 52.6 Å². The highest BCUT2D eigenvalue weighted by Crippen LogP contribution is 2.25. The molecule has 106 valence electrons. The van der Waals surface area contributed by atoms with Gasteiger partial charge in [-0.25, -0.2) is 4.39 Å². The maximum absolute atomic E-state index is 13.6. The van der Waals surface area contributed by atoms with Gasteiger partial charge in [-0.05, 0) is 36.8 Å². The number of ether oxygens (including phenoxy) is 1. The molecule has 6 heteroatoms. The van der Waals surface area contributed by atoms with E-state index in [-0.39, 0.29) is 16.4 Å². The Labute approximate surface area is 116 Å². The first-order chi connectivity index (χ1) is 9.44. The molecular weight excluding hydrogens is 283 g/mol. The van der Waals surface area contributed by atoms with Crippen molar-refractivity contribution in [3.63, 3.8) is 0 Å². The van der Waals surface area contributed by atoms with Crippen LogP contribution in [0.5, 0.6) is 11.5 Å². The van der Waals surface area contributed by atoms with Crippen LogP contribution < -0.4 is 8.92 Å². The van der Waals surface area contributed by atoms with Gasteiger partial charge in [-0.3, -0.25) is 0 Å². The summed E-state index contributed by atoms with van der Waals surface area (Å²) in [6, 6.07) is 10.0. The molecule has 0 saturated heterocycles. The van der Waals surface area contributed by atoms with Gasteiger partial charge in [0.15, 0.2) is 11.6 Å². The van der Waals surface area contributed by atoms with E-state index < -0.39 is 15.9 Å². The molecular formula is C14H13FO4S. The van der Waals surface area contributed by atoms with Gasteiger partial charge < -0.3 is 8.92 Å². The SMILES string of the molecule is COc1ccc(S(=O)(=O)Oc2ccccc2C)cc1F. The van der Waals surface area contributed by atoms with Crippen LogP contribution in [0.15, 0.2) is 47.4 Å². The van der Waals surface area contributed by atoms with Crippen LogP contribution in [0.4, 0.5) is 4.39 Å². The van der Waals surface area contributed by atoms with Gasteiger partial charge in [0.05, 0.1) is 7.11 Å². The van der Waals surface area contributed by atoms with E-state index in [0.717, 1.165) is 6.07 Å². The molecule has 0 heterocycles. The minimum absolute atomic E-state index is 0.0279. The van der Waals surface area contributed by atoms with Crippen molar-refractivity contribution in [2.24, 2.45) is 0 Å². The van der Waals surface area contributed by atoms with E-state index in [2.05, 4.69) is 0 Å². The molecule has 0 N–H and O–H groups in total. The summed E-state index contributed by atoms with van der Waals surface area (Å²) in [6.45, 7) is 1.72. The van der Waals surface area contributed by atoms with Crippen LogP contribution >= 0.6 is 0 Å². The van der Waals surface area contributed by atoms with E-state index in [1.807, 2.05) is 0 Å². The molecule has 0 bridgehead atoms. The number of benzene rings is 2. The highest BCUT2D eigenvalue weighted by atomic mass is 32.2. The zero-order valence-corrected chi connectivity index (χ0v) is 11.8. The van der Waals surface area contributed by atoms with Gasteiger partial charge in [-0.1, -0.05) is 18.2 Å². The van der Waals surface area contributed by atoms with E-state index in [4.69, 9.17) is 8.92 Å². The van der Waals surface area contributed by atoms with E-state index in [0.29, 0.717) is 5.56 Å². The van der Waals surface area contributed by atoms with Gasteiger partial charge >= 0.3 is 10.1 Å². The molecule has 4 nitrogen and oxygen atoms in total. The van der Waals surface area contributed by atoms with Crippen molar-refractivity contribution < 1.29 is 21.7 Å². The van der Waals surface area contributed by atoms with Crippen LogP contribution in [-0.4, -0.2) is 15.5 Å². The third kappa shape index (κ3) is 2.91. The first-order valence-electron chi connectivity index (χ1n) is 5.77. The fraction of sp³-hybridized carbons (Fsp3) is 0.143. The van der Waals surface area contributed by atoms with Gasteiger partial charge in [0.25, 0.3) is 0 Å². The van der Waals surface area contributed by atoms with Crippen LogP contribution in [0.1, 0.15) is 5.56 Å². The monoisotopic (exact) mass is 296 g/mol. The van der Waals surface area contributed by atoms with Crippen molar-refractivity contribution in [2.45, 2.75) is 11.8 Å². The van der Waals surface area contributed by atoms with E-state index >= 15 is 0 Å². The third-order valence-corrected chi connectivity index (χ3v) is 3.94. The predicted molar refractivity (Wildman–Crippen MR) is 71.9 cm³/mol. The van der Waals surface area contributed by atoms with Crippen LogP contribution in [-0.2, 0) is 10.1 Å². The lowest BCUT2D eigenvalue weighted by Crippen LogP contribution is -2.11. The molecule has 0 aliphatic heterocycles. The summed E-state index contributed by atoms with van der Waals surface area (Å²) >= 11 is 0. The van der Waals surface area contributed by atoms with Gasteiger partial charge in [-0.2, -0.15) is 8.42 Å². The lowest BCUT2D eigenvalue weighted by atomic mass is 10.2. The summed E-state index contributed by atoms with van der Waals surface area (Å²) in [6.07, 6.45) is 0. The van der Waals surface area contributed by atoms with Gasteiger partial charge in [0.2, 0.25) is 0 Å². The Morgan fingerprint density at radius 1 is 1.05 bits per heavy atom. The van der Waals surface area contributed by atoms with Crippen molar-refractivity contribution in [1.82, 2.24) is 0 Å². The molecule has 0 unspecified atom stereocenters. The highest BCUT2D eigenvalue weighted by molar-refractivity contribution is 7.87. The van der Waals surface area contributed by atoms with Gasteiger partial charge in [0.1, 0.15) is 10.6 Å². The van der Waals surface area contributed by atoms with E-state index in [1.54, 1.807) is 25.1 Å². The molecule has 0 spiro atoms. The van der Waals surface area contributed by atoms with Gasteiger partial charge in [-0.15, -0.1) is 0 Å². The van der Waals surface area contributed by atoms with Crippen molar-refractivity contribution in [2.75, 3.05) is 7.11 Å². The van der Waals surface area contributed by atoms with E-state index in [9.17, 15) is 12.8 Å². The van der Waals surface area contributed by atoms with Crippen LogP contribution in [0.3, 0.4) is 0 Å². The molecule has 0 aliphatic carbocycles. The molecule has 0 atom stereocenters. The smallest absolute Gasteiger partial charge is 0.339 e. The standard InChI is InChI=1S/C14H13FO4S/c1-10-5-3-4-6-13(10)19-20(16,17)11-7-8-14(18-2)12(15)9-11/h3-9H,1-2H3. The lowest BCUT2D eigenvalue weighted by Gasteiger charge is -2.10. The number of rotatable bonds is 4. The summed E-state index contributed by atoms with van der Waals surface area (Å²) in [7, 11) is -2.78. The fourth-order valence-electron chi connectivity index (χ4n) is 1.62. The zero-order valence-electron chi connectivity index (χ0n) is 11.0. The molecule has 20 heavy (non-hydrogen) atoms. The van der Waals surface area contributed by atoms with Crippen LogP contribution in [0, 0.1) is 12.7 Å². The Morgan fingerprint density at radius 3 is 2.35 bits per heavy atom. The summed E-state index contributed by atoms with van der Waals surface area (Å²) in [4.78, 5) is -0.265. The number of methoxy groups -OCH3 is 1. The highest BCUT2D eigenvalue weighted by Gasteiger charge is 2.19. The van der Waals surface area contributed by atoms with Crippen molar-refractivity contribution in [1.29, 1.82) is 0 Å². The molecule has 0 radical (unpaired) electrons. The molecule has 0 aliphatic rings. The molecule has 2 aromatic rings. The number of hydrogen-bond donors (Lipinski definition) is 0. The number of para-hydroxylation sites is 1. The fourth-order valence-corrected chi connectivity index (χ4v) is 2.62. The average molecular weight is 296 g/mol. The number of aryl methyl sites for hydroxylation is 1. The second-order valence-corrected chi connectivity index (χ2v) is 5.65. The minimum Gasteiger partial charge on any atom is -0.494 e. The first-order valence-corrected chi connectivity index (χ1v) is 7.18. The summed E-state index contributed by atoms with van der Waals surface area (Å²) in [5.41, 5.74) is 0.671. The number of halogens is 1. The van der Waals surface area contributed by atoms with Crippen molar-refractivity contribution in [3.05, 3.63) is 53.8 Å². The molecule has 0 amide bonds. The maximum Gasteiger partial charge on any atom is 0.339 e. The molecule has 2 rings (SSSR count). The Kier molecular flexibility index (Phi) is 3.94. The zero-order chi connectivity index (χ0) is 14.8. The first kappa shape index (κ1) is 14.3. The minimum atomic E-state index is -4.08. The second-order valence-electron chi connectivity index (χ2n) is 4.10. The molecule has 2 aromatic carbocycles. The lowest BCUT2D eigenvalue weighted by molar-refractivity contribution is 0.385. The van der Waals surface area contributed by atoms with E-state index in [1.165, 1.54) is 25.3 Å². The number of hydrogen-bond acceptors (Lipinski definition) is 4. The van der Waals surface area contributed by atoms with Crippen molar-refractivity contribution in [3.8, 4) is 11.5 Å². The Bertz CT molecular complexity index is 726.